The van der Waals surface area contributed by atoms with Gasteiger partial charge in [0.2, 0.25) is 0 Å². The topological polar surface area (TPSA) is 101 Å². The van der Waals surface area contributed by atoms with Crippen LogP contribution in [0.5, 0.6) is 0 Å². The molecule has 9 heteroatoms. The van der Waals surface area contributed by atoms with Crippen molar-refractivity contribution in [2.24, 2.45) is 5.92 Å². The Hall–Kier alpha value is -3.36. The summed E-state index contributed by atoms with van der Waals surface area (Å²) in [6.45, 7) is 5.46. The number of anilines is 3. The number of rotatable bonds is 6. The molecule has 2 saturated heterocycles. The number of nitrogens with one attached hydrogen (secondary N) is 1. The Labute approximate surface area is 174 Å². The predicted molar refractivity (Wildman–Crippen MR) is 114 cm³/mol. The molecule has 0 radical (unpaired) electrons. The highest BCUT2D eigenvalue weighted by Gasteiger charge is 2.27. The van der Waals surface area contributed by atoms with Crippen LogP contribution >= 0.6 is 0 Å². The molecular weight excluding hydrogens is 386 g/mol. The lowest BCUT2D eigenvalue weighted by Gasteiger charge is -2.31. The molecule has 1 amide bonds. The van der Waals surface area contributed by atoms with Gasteiger partial charge in [-0.05, 0) is 36.5 Å². The van der Waals surface area contributed by atoms with Gasteiger partial charge in [0.1, 0.15) is 12.4 Å². The van der Waals surface area contributed by atoms with Crippen molar-refractivity contribution in [1.29, 1.82) is 0 Å². The lowest BCUT2D eigenvalue weighted by atomic mass is 9.99. The average Bonchev–Trinajstić information content (AvgIpc) is 3.19. The van der Waals surface area contributed by atoms with Gasteiger partial charge in [0.15, 0.2) is 0 Å². The zero-order valence-electron chi connectivity index (χ0n) is 16.9. The van der Waals surface area contributed by atoms with E-state index >= 15 is 0 Å². The second-order valence-electron chi connectivity index (χ2n) is 7.77. The normalized spacial score (nSPS) is 17.2. The Morgan fingerprint density at radius 2 is 2.03 bits per heavy atom. The number of pyridine rings is 1. The van der Waals surface area contributed by atoms with Crippen LogP contribution in [-0.2, 0) is 11.3 Å². The van der Waals surface area contributed by atoms with Crippen LogP contribution < -0.4 is 15.1 Å². The summed E-state index contributed by atoms with van der Waals surface area (Å²) in [4.78, 5) is 31.0. The third-order valence-electron chi connectivity index (χ3n) is 5.64. The zero-order valence-corrected chi connectivity index (χ0v) is 16.9. The number of piperidine rings is 1. The Morgan fingerprint density at radius 1 is 1.23 bits per heavy atom. The fraction of sp³-hybridized carbons (Fsp3) is 0.429. The first kappa shape index (κ1) is 19.9. The number of nitrogens with zero attached hydrogens (tertiary/aromatic N) is 4. The van der Waals surface area contributed by atoms with Crippen molar-refractivity contribution in [2.75, 3.05) is 41.4 Å². The minimum atomic E-state index is -0.500. The van der Waals surface area contributed by atoms with Gasteiger partial charge in [-0.25, -0.2) is 9.78 Å². The number of carbonyl (C=O) groups is 1. The van der Waals surface area contributed by atoms with Gasteiger partial charge in [-0.3, -0.25) is 15.0 Å². The molecule has 1 aromatic heterocycles. The van der Waals surface area contributed by atoms with E-state index in [1.54, 1.807) is 6.07 Å². The molecule has 2 aliphatic rings. The first-order valence-electron chi connectivity index (χ1n) is 10.2. The van der Waals surface area contributed by atoms with Crippen LogP contribution in [0.1, 0.15) is 25.3 Å². The minimum absolute atomic E-state index is 0.0721. The Kier molecular flexibility index (Phi) is 5.69. The van der Waals surface area contributed by atoms with Crippen molar-refractivity contribution in [3.05, 3.63) is 52.2 Å². The summed E-state index contributed by atoms with van der Waals surface area (Å²) in [7, 11) is 0. The summed E-state index contributed by atoms with van der Waals surface area (Å²) in [6.07, 6.45) is 3.72. The number of benzene rings is 1. The molecule has 158 valence electrons. The van der Waals surface area contributed by atoms with E-state index in [4.69, 9.17) is 4.74 Å². The quantitative estimate of drug-likeness (QED) is 0.570. The SMILES string of the molecule is CC1CCN(c2ccc(CNc3ccc([N+](=O)[O-])cc3N3CCOC3=O)cn2)CC1. The number of nitro benzene ring substituents is 1. The van der Waals surface area contributed by atoms with Crippen LogP contribution in [0.25, 0.3) is 0 Å². The summed E-state index contributed by atoms with van der Waals surface area (Å²) in [5.41, 5.74) is 1.99. The van der Waals surface area contributed by atoms with Crippen LogP contribution in [0.15, 0.2) is 36.5 Å². The van der Waals surface area contributed by atoms with Gasteiger partial charge in [0.05, 0.1) is 22.8 Å². The standard InChI is InChI=1S/C21H25N5O4/c1-15-6-8-24(9-7-15)20-5-2-16(14-23-20)13-22-18-4-3-17(26(28)29)12-19(18)25-10-11-30-21(25)27/h2-5,12,14-15,22H,6-11,13H2,1H3. The van der Waals surface area contributed by atoms with Crippen molar-refractivity contribution in [3.8, 4) is 0 Å². The second-order valence-corrected chi connectivity index (χ2v) is 7.77. The summed E-state index contributed by atoms with van der Waals surface area (Å²) in [5.74, 6) is 1.76. The summed E-state index contributed by atoms with van der Waals surface area (Å²) in [5, 5.41) is 14.4. The molecule has 0 saturated carbocycles. The summed E-state index contributed by atoms with van der Waals surface area (Å²) >= 11 is 0. The highest BCUT2D eigenvalue weighted by Crippen LogP contribution is 2.32. The van der Waals surface area contributed by atoms with E-state index in [1.165, 1.54) is 29.9 Å². The number of ether oxygens (including phenoxy) is 1. The van der Waals surface area contributed by atoms with E-state index in [2.05, 4.69) is 22.1 Å². The molecule has 1 N–H and O–H groups in total. The summed E-state index contributed by atoms with van der Waals surface area (Å²) in [6, 6.07) is 8.50. The first-order valence-corrected chi connectivity index (χ1v) is 10.2. The number of hydrogen-bond donors (Lipinski definition) is 1. The lowest BCUT2D eigenvalue weighted by molar-refractivity contribution is -0.384. The van der Waals surface area contributed by atoms with Gasteiger partial charge < -0.3 is 15.0 Å². The molecule has 0 unspecified atom stereocenters. The van der Waals surface area contributed by atoms with Crippen LogP contribution in [0.3, 0.4) is 0 Å². The van der Waals surface area contributed by atoms with Gasteiger partial charge in [-0.2, -0.15) is 0 Å². The number of carbonyl (C=O) groups excluding carboxylic acids is 1. The molecule has 2 fully saturated rings. The number of cyclic esters (lactones) is 1. The largest absolute Gasteiger partial charge is 0.447 e. The smallest absolute Gasteiger partial charge is 0.414 e. The Balaban J connectivity index is 1.46. The number of non-ortho nitro benzene ring substituents is 1. The molecule has 0 atom stereocenters. The third-order valence-corrected chi connectivity index (χ3v) is 5.64. The molecule has 3 heterocycles. The van der Waals surface area contributed by atoms with E-state index in [0.717, 1.165) is 30.4 Å². The van der Waals surface area contributed by atoms with Gasteiger partial charge in [-0.1, -0.05) is 13.0 Å². The third kappa shape index (κ3) is 4.29. The van der Waals surface area contributed by atoms with Crippen molar-refractivity contribution in [2.45, 2.75) is 26.3 Å². The van der Waals surface area contributed by atoms with Crippen molar-refractivity contribution < 1.29 is 14.5 Å². The predicted octanol–water partition coefficient (Wildman–Crippen LogP) is 3.79. The van der Waals surface area contributed by atoms with Crippen LogP contribution in [0, 0.1) is 16.0 Å². The average molecular weight is 411 g/mol. The van der Waals surface area contributed by atoms with Crippen LogP contribution in [-0.4, -0.2) is 42.2 Å². The van der Waals surface area contributed by atoms with Crippen molar-refractivity contribution in [1.82, 2.24) is 4.98 Å². The van der Waals surface area contributed by atoms with E-state index in [0.29, 0.717) is 24.5 Å². The zero-order chi connectivity index (χ0) is 21.1. The highest BCUT2D eigenvalue weighted by atomic mass is 16.6. The fourth-order valence-electron chi connectivity index (χ4n) is 3.76. The van der Waals surface area contributed by atoms with Crippen molar-refractivity contribution >= 4 is 29.0 Å². The van der Waals surface area contributed by atoms with E-state index in [1.807, 2.05) is 18.3 Å². The molecule has 0 bridgehead atoms. The first-order chi connectivity index (χ1) is 14.5. The van der Waals surface area contributed by atoms with Crippen molar-refractivity contribution in [3.63, 3.8) is 0 Å². The van der Waals surface area contributed by atoms with E-state index < -0.39 is 11.0 Å². The summed E-state index contributed by atoms with van der Waals surface area (Å²) < 4.78 is 4.99. The van der Waals surface area contributed by atoms with Gasteiger partial charge in [0.25, 0.3) is 5.69 Å². The maximum Gasteiger partial charge on any atom is 0.414 e. The van der Waals surface area contributed by atoms with E-state index in [-0.39, 0.29) is 12.3 Å². The number of amides is 1. The number of hydrogen-bond acceptors (Lipinski definition) is 7. The van der Waals surface area contributed by atoms with Crippen LogP contribution in [0.4, 0.5) is 27.7 Å². The van der Waals surface area contributed by atoms with Gasteiger partial charge in [0, 0.05) is 38.0 Å². The monoisotopic (exact) mass is 411 g/mol. The molecule has 1 aromatic carbocycles. The number of aromatic nitrogens is 1. The molecule has 9 nitrogen and oxygen atoms in total. The molecule has 4 rings (SSSR count). The maximum absolute atomic E-state index is 12.0. The maximum atomic E-state index is 12.0. The highest BCUT2D eigenvalue weighted by molar-refractivity contribution is 5.94. The molecule has 2 aliphatic heterocycles. The molecule has 0 aliphatic carbocycles. The number of nitro groups is 1. The Morgan fingerprint density at radius 3 is 2.67 bits per heavy atom. The lowest BCUT2D eigenvalue weighted by Crippen LogP contribution is -2.33. The van der Waals surface area contributed by atoms with Gasteiger partial charge in [-0.15, -0.1) is 0 Å². The molecule has 0 spiro atoms. The molecule has 30 heavy (non-hydrogen) atoms. The van der Waals surface area contributed by atoms with E-state index in [9.17, 15) is 14.9 Å². The molecule has 2 aromatic rings. The minimum Gasteiger partial charge on any atom is -0.447 e. The van der Waals surface area contributed by atoms with Gasteiger partial charge >= 0.3 is 6.09 Å². The molecular formula is C21H25N5O4. The Bertz CT molecular complexity index is 925. The van der Waals surface area contributed by atoms with Crippen LogP contribution in [0.2, 0.25) is 0 Å². The second kappa shape index (κ2) is 8.56. The fourth-order valence-corrected chi connectivity index (χ4v) is 3.76.